The molecular weight excluding hydrogens is 216 g/mol. The van der Waals surface area contributed by atoms with Gasteiger partial charge in [-0.1, -0.05) is 64.2 Å². The Morgan fingerprint density at radius 3 is 1.88 bits per heavy atom. The van der Waals surface area contributed by atoms with Crippen LogP contribution in [0, 0.1) is 5.92 Å². The molecule has 0 saturated heterocycles. The first-order chi connectivity index (χ1) is 7.79. The van der Waals surface area contributed by atoms with Gasteiger partial charge in [-0.2, -0.15) is 0 Å². The topological polar surface area (TPSA) is 17.1 Å². The zero-order valence-corrected chi connectivity index (χ0v) is 11.7. The average Bonchev–Trinajstić information content (AvgIpc) is 3.04. The molecular formula is C14H28OS. The zero-order valence-electron chi connectivity index (χ0n) is 10.9. The van der Waals surface area contributed by atoms with Gasteiger partial charge in [0, 0.05) is 22.8 Å². The normalized spacial score (nSPS) is 17.6. The smallest absolute Gasteiger partial charge is 0.0232 e. The maximum atomic E-state index is 10.8. The van der Waals surface area contributed by atoms with Gasteiger partial charge in [-0.05, 0) is 12.3 Å². The van der Waals surface area contributed by atoms with Crippen LogP contribution in [0.2, 0.25) is 0 Å². The summed E-state index contributed by atoms with van der Waals surface area (Å²) in [6.45, 7) is 0. The second-order valence-corrected chi connectivity index (χ2v) is 6.89. The first kappa shape index (κ1) is 14.2. The second-order valence-electron chi connectivity index (χ2n) is 5.34. The summed E-state index contributed by atoms with van der Waals surface area (Å²) in [5, 5.41) is 0. The lowest BCUT2D eigenvalue weighted by Gasteiger charge is -2.01. The molecule has 1 atom stereocenters. The molecule has 16 heavy (non-hydrogen) atoms. The van der Waals surface area contributed by atoms with Gasteiger partial charge in [-0.3, -0.25) is 4.21 Å². The average molecular weight is 244 g/mol. The van der Waals surface area contributed by atoms with E-state index < -0.39 is 10.8 Å². The maximum Gasteiger partial charge on any atom is 0.0232 e. The van der Waals surface area contributed by atoms with Gasteiger partial charge in [-0.15, -0.1) is 0 Å². The molecule has 1 fully saturated rings. The van der Waals surface area contributed by atoms with E-state index in [0.717, 1.165) is 18.1 Å². The third kappa shape index (κ3) is 9.38. The van der Waals surface area contributed by atoms with Crippen LogP contribution in [-0.4, -0.2) is 16.2 Å². The Labute approximate surface area is 104 Å². The molecule has 0 aliphatic heterocycles. The third-order valence-electron chi connectivity index (χ3n) is 3.49. The maximum absolute atomic E-state index is 10.8. The first-order valence-corrected chi connectivity index (χ1v) is 8.82. The molecule has 0 spiro atoms. The van der Waals surface area contributed by atoms with E-state index in [1.54, 1.807) is 6.26 Å². The van der Waals surface area contributed by atoms with Crippen molar-refractivity contribution in [2.45, 2.75) is 70.6 Å². The molecule has 0 amide bonds. The molecule has 0 N–H and O–H groups in total. The highest BCUT2D eigenvalue weighted by Gasteiger charge is 2.19. The van der Waals surface area contributed by atoms with Gasteiger partial charge >= 0.3 is 0 Å². The van der Waals surface area contributed by atoms with Crippen molar-refractivity contribution in [3.8, 4) is 0 Å². The molecule has 1 rings (SSSR count). The van der Waals surface area contributed by atoms with E-state index in [1.807, 2.05) is 0 Å². The van der Waals surface area contributed by atoms with E-state index in [-0.39, 0.29) is 0 Å². The minimum absolute atomic E-state index is 0.576. The summed E-state index contributed by atoms with van der Waals surface area (Å²) in [6, 6.07) is 0. The van der Waals surface area contributed by atoms with E-state index >= 15 is 0 Å². The standard InChI is InChI=1S/C14H28OS/c1-16(15)13-9-7-5-3-2-4-6-8-10-14-11-12-14/h14H,2-13H2,1H3. The second kappa shape index (κ2) is 9.21. The fraction of sp³-hybridized carbons (Fsp3) is 1.00. The molecule has 1 unspecified atom stereocenters. The summed E-state index contributed by atoms with van der Waals surface area (Å²) >= 11 is 0. The summed E-state index contributed by atoms with van der Waals surface area (Å²) in [5.41, 5.74) is 0. The molecule has 0 radical (unpaired) electrons. The summed E-state index contributed by atoms with van der Waals surface area (Å²) in [7, 11) is -0.576. The van der Waals surface area contributed by atoms with Crippen molar-refractivity contribution >= 4 is 10.8 Å². The van der Waals surface area contributed by atoms with Crippen LogP contribution in [0.15, 0.2) is 0 Å². The highest BCUT2D eigenvalue weighted by molar-refractivity contribution is 7.84. The van der Waals surface area contributed by atoms with Crippen LogP contribution in [0.25, 0.3) is 0 Å². The van der Waals surface area contributed by atoms with E-state index in [9.17, 15) is 4.21 Å². The lowest BCUT2D eigenvalue weighted by molar-refractivity contribution is 0.551. The molecule has 0 bridgehead atoms. The van der Waals surface area contributed by atoms with E-state index in [2.05, 4.69) is 0 Å². The van der Waals surface area contributed by atoms with Gasteiger partial charge in [0.15, 0.2) is 0 Å². The predicted molar refractivity (Wildman–Crippen MR) is 73.2 cm³/mol. The molecule has 0 aromatic heterocycles. The number of hydrogen-bond donors (Lipinski definition) is 0. The molecule has 0 heterocycles. The Morgan fingerprint density at radius 1 is 0.875 bits per heavy atom. The van der Waals surface area contributed by atoms with Crippen LogP contribution in [-0.2, 0) is 10.8 Å². The van der Waals surface area contributed by atoms with Gasteiger partial charge in [-0.25, -0.2) is 0 Å². The molecule has 1 saturated carbocycles. The van der Waals surface area contributed by atoms with Crippen LogP contribution in [0.3, 0.4) is 0 Å². The molecule has 96 valence electrons. The highest BCUT2D eigenvalue weighted by atomic mass is 32.2. The summed E-state index contributed by atoms with van der Waals surface area (Å²) in [6.07, 6.45) is 17.3. The minimum Gasteiger partial charge on any atom is -0.260 e. The van der Waals surface area contributed by atoms with Crippen LogP contribution in [0.4, 0.5) is 0 Å². The van der Waals surface area contributed by atoms with E-state index in [1.165, 1.54) is 64.2 Å². The minimum atomic E-state index is -0.576. The van der Waals surface area contributed by atoms with Crippen LogP contribution < -0.4 is 0 Å². The van der Waals surface area contributed by atoms with Crippen molar-refractivity contribution in [1.29, 1.82) is 0 Å². The van der Waals surface area contributed by atoms with Crippen molar-refractivity contribution in [1.82, 2.24) is 0 Å². The Balaban J connectivity index is 1.66. The Bertz CT molecular complexity index is 187. The molecule has 1 aliphatic carbocycles. The molecule has 0 aromatic rings. The molecule has 1 aliphatic rings. The van der Waals surface area contributed by atoms with Crippen molar-refractivity contribution < 1.29 is 4.21 Å². The van der Waals surface area contributed by atoms with E-state index in [4.69, 9.17) is 0 Å². The quantitative estimate of drug-likeness (QED) is 0.496. The first-order valence-electron chi connectivity index (χ1n) is 7.09. The van der Waals surface area contributed by atoms with E-state index in [0.29, 0.717) is 0 Å². The fourth-order valence-corrected chi connectivity index (χ4v) is 2.82. The van der Waals surface area contributed by atoms with Gasteiger partial charge in [0.1, 0.15) is 0 Å². The molecule has 2 heteroatoms. The van der Waals surface area contributed by atoms with Gasteiger partial charge in [0.2, 0.25) is 0 Å². The summed E-state index contributed by atoms with van der Waals surface area (Å²) < 4.78 is 10.8. The monoisotopic (exact) mass is 244 g/mol. The van der Waals surface area contributed by atoms with Gasteiger partial charge < -0.3 is 0 Å². The van der Waals surface area contributed by atoms with Crippen molar-refractivity contribution in [3.05, 3.63) is 0 Å². The van der Waals surface area contributed by atoms with Crippen LogP contribution >= 0.6 is 0 Å². The highest BCUT2D eigenvalue weighted by Crippen LogP contribution is 2.34. The third-order valence-corrected chi connectivity index (χ3v) is 4.35. The summed E-state index contributed by atoms with van der Waals surface area (Å²) in [5.74, 6) is 2.02. The number of hydrogen-bond acceptors (Lipinski definition) is 1. The van der Waals surface area contributed by atoms with Crippen LogP contribution in [0.5, 0.6) is 0 Å². The predicted octanol–water partition coefficient (Wildman–Crippen LogP) is 4.29. The Morgan fingerprint density at radius 2 is 1.38 bits per heavy atom. The number of unbranched alkanes of at least 4 members (excludes halogenated alkanes) is 7. The summed E-state index contributed by atoms with van der Waals surface area (Å²) in [4.78, 5) is 0. The Kier molecular flexibility index (Phi) is 8.18. The van der Waals surface area contributed by atoms with Crippen LogP contribution in [0.1, 0.15) is 70.6 Å². The lowest BCUT2D eigenvalue weighted by Crippen LogP contribution is -1.93. The largest absolute Gasteiger partial charge is 0.260 e. The zero-order chi connectivity index (χ0) is 11.6. The fourth-order valence-electron chi connectivity index (χ4n) is 2.21. The van der Waals surface area contributed by atoms with Crippen molar-refractivity contribution in [3.63, 3.8) is 0 Å². The SMILES string of the molecule is CS(=O)CCCCCCCCCCC1CC1. The lowest BCUT2D eigenvalue weighted by atomic mass is 10.1. The van der Waals surface area contributed by atoms with Gasteiger partial charge in [0.25, 0.3) is 0 Å². The van der Waals surface area contributed by atoms with Gasteiger partial charge in [0.05, 0.1) is 0 Å². The van der Waals surface area contributed by atoms with Crippen molar-refractivity contribution in [2.75, 3.05) is 12.0 Å². The molecule has 1 nitrogen and oxygen atoms in total. The van der Waals surface area contributed by atoms with Crippen molar-refractivity contribution in [2.24, 2.45) is 5.92 Å². The molecule has 0 aromatic carbocycles. The number of rotatable bonds is 11. The Hall–Kier alpha value is 0.150.